The first kappa shape index (κ1) is 24.1. The van der Waals surface area contributed by atoms with Crippen LogP contribution in [-0.2, 0) is 0 Å². The molecule has 1 heterocycles. The maximum Gasteiger partial charge on any atom is 0.191 e. The van der Waals surface area contributed by atoms with Gasteiger partial charge in [-0.25, -0.2) is 0 Å². The Morgan fingerprint density at radius 3 is 2.74 bits per heavy atom. The third-order valence-electron chi connectivity index (χ3n) is 4.85. The Balaban J connectivity index is 0.00000364. The Morgan fingerprint density at radius 1 is 1.37 bits per heavy atom. The summed E-state index contributed by atoms with van der Waals surface area (Å²) >= 11 is 6.17. The molecule has 0 aliphatic carbocycles. The molecule has 0 radical (unpaired) electrons. The molecule has 2 N–H and O–H groups in total. The molecule has 154 valence electrons. The van der Waals surface area contributed by atoms with Crippen molar-refractivity contribution in [3.63, 3.8) is 0 Å². The standard InChI is InChI=1S/C19H32ClN5O.HI/c1-5-24(6-2)12-10-22-19(21-3)23-16-9-11-25(14-16)17-13-15(20)7-8-18(17)26-4;/h7-8,13,16H,5-6,9-12,14H2,1-4H3,(H2,21,22,23);1H. The van der Waals surface area contributed by atoms with Gasteiger partial charge in [-0.1, -0.05) is 25.4 Å². The molecule has 6 nitrogen and oxygen atoms in total. The molecule has 1 unspecified atom stereocenters. The molecular weight excluding hydrogens is 477 g/mol. The van der Waals surface area contributed by atoms with Gasteiger partial charge in [0, 0.05) is 44.3 Å². The fourth-order valence-corrected chi connectivity index (χ4v) is 3.43. The molecule has 1 aromatic carbocycles. The van der Waals surface area contributed by atoms with E-state index < -0.39 is 0 Å². The van der Waals surface area contributed by atoms with Crippen molar-refractivity contribution in [2.24, 2.45) is 4.99 Å². The number of aliphatic imine (C=N–C) groups is 1. The van der Waals surface area contributed by atoms with E-state index in [1.54, 1.807) is 7.11 Å². The van der Waals surface area contributed by atoms with Gasteiger partial charge in [0.1, 0.15) is 5.75 Å². The van der Waals surface area contributed by atoms with Gasteiger partial charge < -0.3 is 25.2 Å². The van der Waals surface area contributed by atoms with E-state index in [1.807, 2.05) is 25.2 Å². The number of nitrogens with zero attached hydrogens (tertiary/aromatic N) is 3. The lowest BCUT2D eigenvalue weighted by atomic mass is 10.2. The van der Waals surface area contributed by atoms with Crippen LogP contribution in [0, 0.1) is 0 Å². The highest BCUT2D eigenvalue weighted by molar-refractivity contribution is 14.0. The van der Waals surface area contributed by atoms with Gasteiger partial charge in [0.25, 0.3) is 0 Å². The molecule has 27 heavy (non-hydrogen) atoms. The molecule has 0 aromatic heterocycles. The third kappa shape index (κ3) is 7.19. The first-order chi connectivity index (χ1) is 12.6. The van der Waals surface area contributed by atoms with Crippen LogP contribution in [0.2, 0.25) is 5.02 Å². The summed E-state index contributed by atoms with van der Waals surface area (Å²) in [5, 5.41) is 7.67. The highest BCUT2D eigenvalue weighted by Crippen LogP contribution is 2.33. The van der Waals surface area contributed by atoms with Crippen LogP contribution < -0.4 is 20.3 Å². The summed E-state index contributed by atoms with van der Waals surface area (Å²) in [6, 6.07) is 6.10. The predicted molar refractivity (Wildman–Crippen MR) is 126 cm³/mol. The second kappa shape index (κ2) is 12.5. The molecule has 0 spiro atoms. The van der Waals surface area contributed by atoms with Crippen molar-refractivity contribution in [3.8, 4) is 5.75 Å². The average Bonchev–Trinajstić information content (AvgIpc) is 3.12. The molecule has 1 fully saturated rings. The van der Waals surface area contributed by atoms with E-state index in [0.717, 1.165) is 68.1 Å². The van der Waals surface area contributed by atoms with Crippen molar-refractivity contribution in [1.29, 1.82) is 0 Å². The molecule has 1 aliphatic heterocycles. The lowest BCUT2D eigenvalue weighted by Crippen LogP contribution is -2.46. The maximum atomic E-state index is 6.17. The summed E-state index contributed by atoms with van der Waals surface area (Å²) in [7, 11) is 3.51. The molecule has 1 atom stereocenters. The van der Waals surface area contributed by atoms with Crippen molar-refractivity contribution in [2.75, 3.05) is 58.3 Å². The number of hydrogen-bond acceptors (Lipinski definition) is 4. The lowest BCUT2D eigenvalue weighted by molar-refractivity contribution is 0.308. The lowest BCUT2D eigenvalue weighted by Gasteiger charge is -2.23. The highest BCUT2D eigenvalue weighted by Gasteiger charge is 2.25. The van der Waals surface area contributed by atoms with E-state index in [4.69, 9.17) is 16.3 Å². The summed E-state index contributed by atoms with van der Waals surface area (Å²) in [5.41, 5.74) is 1.05. The molecule has 1 aliphatic rings. The van der Waals surface area contributed by atoms with Crippen molar-refractivity contribution in [1.82, 2.24) is 15.5 Å². The van der Waals surface area contributed by atoms with Gasteiger partial charge in [-0.3, -0.25) is 4.99 Å². The largest absolute Gasteiger partial charge is 0.495 e. The summed E-state index contributed by atoms with van der Waals surface area (Å²) in [5.74, 6) is 1.72. The number of hydrogen-bond donors (Lipinski definition) is 2. The zero-order valence-electron chi connectivity index (χ0n) is 16.8. The molecule has 2 rings (SSSR count). The zero-order chi connectivity index (χ0) is 18.9. The van der Waals surface area contributed by atoms with E-state index in [0.29, 0.717) is 6.04 Å². The Morgan fingerprint density at radius 2 is 2.11 bits per heavy atom. The number of rotatable bonds is 8. The number of halogens is 2. The molecule has 1 aromatic rings. The van der Waals surface area contributed by atoms with Crippen molar-refractivity contribution < 1.29 is 4.74 Å². The maximum absolute atomic E-state index is 6.17. The number of guanidine groups is 1. The van der Waals surface area contributed by atoms with Crippen LogP contribution in [0.5, 0.6) is 5.75 Å². The van der Waals surface area contributed by atoms with Gasteiger partial charge >= 0.3 is 0 Å². The monoisotopic (exact) mass is 509 g/mol. The second-order valence-electron chi connectivity index (χ2n) is 6.42. The SMILES string of the molecule is CCN(CC)CCNC(=NC)NC1CCN(c2cc(Cl)ccc2OC)C1.I. The minimum Gasteiger partial charge on any atom is -0.495 e. The summed E-state index contributed by atoms with van der Waals surface area (Å²) in [6.45, 7) is 10.3. The van der Waals surface area contributed by atoms with Gasteiger partial charge in [0.05, 0.1) is 12.8 Å². The van der Waals surface area contributed by atoms with E-state index >= 15 is 0 Å². The van der Waals surface area contributed by atoms with Crippen LogP contribution >= 0.6 is 35.6 Å². The fourth-order valence-electron chi connectivity index (χ4n) is 3.27. The first-order valence-electron chi connectivity index (χ1n) is 9.39. The van der Waals surface area contributed by atoms with Gasteiger partial charge in [0.2, 0.25) is 0 Å². The normalized spacial score (nSPS) is 17.0. The van der Waals surface area contributed by atoms with Crippen molar-refractivity contribution in [3.05, 3.63) is 23.2 Å². The quantitative estimate of drug-likeness (QED) is 0.321. The summed E-state index contributed by atoms with van der Waals surface area (Å²) in [6.07, 6.45) is 1.05. The Kier molecular flexibility index (Phi) is 11.2. The minimum atomic E-state index is 0. The number of anilines is 1. The van der Waals surface area contributed by atoms with E-state index in [1.165, 1.54) is 0 Å². The van der Waals surface area contributed by atoms with Crippen LogP contribution in [0.25, 0.3) is 0 Å². The number of likely N-dealkylation sites (N-methyl/N-ethyl adjacent to an activating group) is 1. The van der Waals surface area contributed by atoms with Gasteiger partial charge in [0.15, 0.2) is 5.96 Å². The van der Waals surface area contributed by atoms with Crippen molar-refractivity contribution in [2.45, 2.75) is 26.3 Å². The molecular formula is C19H33ClIN5O. The Labute approximate surface area is 185 Å². The minimum absolute atomic E-state index is 0. The van der Waals surface area contributed by atoms with Crippen LogP contribution in [0.15, 0.2) is 23.2 Å². The van der Waals surface area contributed by atoms with Crippen molar-refractivity contribution >= 4 is 47.2 Å². The topological polar surface area (TPSA) is 52.1 Å². The third-order valence-corrected chi connectivity index (χ3v) is 5.08. The Hall–Kier alpha value is -0.930. The van der Waals surface area contributed by atoms with Crippen LogP contribution in [0.3, 0.4) is 0 Å². The predicted octanol–water partition coefficient (Wildman–Crippen LogP) is 3.05. The molecule has 1 saturated heterocycles. The van der Waals surface area contributed by atoms with Crippen LogP contribution in [-0.4, -0.2) is 70.3 Å². The summed E-state index contributed by atoms with van der Waals surface area (Å²) < 4.78 is 5.49. The number of ether oxygens (including phenoxy) is 1. The molecule has 0 amide bonds. The van der Waals surface area contributed by atoms with E-state index in [2.05, 4.69) is 39.3 Å². The van der Waals surface area contributed by atoms with Gasteiger partial charge in [-0.2, -0.15) is 0 Å². The van der Waals surface area contributed by atoms with E-state index in [-0.39, 0.29) is 24.0 Å². The number of nitrogens with one attached hydrogen (secondary N) is 2. The van der Waals surface area contributed by atoms with Crippen LogP contribution in [0.1, 0.15) is 20.3 Å². The van der Waals surface area contributed by atoms with Gasteiger partial charge in [-0.15, -0.1) is 24.0 Å². The average molecular weight is 510 g/mol. The summed E-state index contributed by atoms with van der Waals surface area (Å²) in [4.78, 5) is 9.06. The number of methoxy groups -OCH3 is 1. The second-order valence-corrected chi connectivity index (χ2v) is 6.85. The fraction of sp³-hybridized carbons (Fsp3) is 0.632. The zero-order valence-corrected chi connectivity index (χ0v) is 19.9. The first-order valence-corrected chi connectivity index (χ1v) is 9.77. The van der Waals surface area contributed by atoms with Gasteiger partial charge in [-0.05, 0) is 37.7 Å². The molecule has 0 saturated carbocycles. The molecule has 8 heteroatoms. The van der Waals surface area contributed by atoms with Crippen LogP contribution in [0.4, 0.5) is 5.69 Å². The Bertz CT molecular complexity index is 597. The number of benzene rings is 1. The highest BCUT2D eigenvalue weighted by atomic mass is 127. The molecule has 0 bridgehead atoms. The van der Waals surface area contributed by atoms with E-state index in [9.17, 15) is 0 Å². The smallest absolute Gasteiger partial charge is 0.191 e.